The molecule has 110 valence electrons. The topological polar surface area (TPSA) is 99.1 Å². The summed E-state index contributed by atoms with van der Waals surface area (Å²) in [6, 6.07) is -0.778. The molecule has 0 saturated carbocycles. The predicted octanol–water partition coefficient (Wildman–Crippen LogP) is 0.0309. The second-order valence-electron chi connectivity index (χ2n) is 4.79. The maximum Gasteiger partial charge on any atom is 0.318 e. The number of morpholine rings is 1. The van der Waals surface area contributed by atoms with Crippen molar-refractivity contribution >= 4 is 12.0 Å². The second kappa shape index (κ2) is 7.30. The zero-order valence-corrected chi connectivity index (χ0v) is 11.3. The highest BCUT2D eigenvalue weighted by Crippen LogP contribution is 2.12. The Labute approximate surface area is 112 Å². The third-order valence-corrected chi connectivity index (χ3v) is 3.21. The summed E-state index contributed by atoms with van der Waals surface area (Å²) in [5.41, 5.74) is 0. The van der Waals surface area contributed by atoms with Crippen LogP contribution in [0.4, 0.5) is 4.79 Å². The summed E-state index contributed by atoms with van der Waals surface area (Å²) in [7, 11) is 0. The van der Waals surface area contributed by atoms with Gasteiger partial charge in [0.05, 0.1) is 38.3 Å². The number of hydrogen-bond acceptors (Lipinski definition) is 4. The molecule has 0 radical (unpaired) electrons. The van der Waals surface area contributed by atoms with E-state index in [1.54, 1.807) is 4.90 Å². The number of ether oxygens (including phenoxy) is 1. The van der Waals surface area contributed by atoms with Crippen LogP contribution >= 0.6 is 0 Å². The summed E-state index contributed by atoms with van der Waals surface area (Å²) in [5, 5.41) is 20.5. The first-order chi connectivity index (χ1) is 8.97. The van der Waals surface area contributed by atoms with Crippen molar-refractivity contribution in [1.29, 1.82) is 0 Å². The lowest BCUT2D eigenvalue weighted by Crippen LogP contribution is -2.56. The van der Waals surface area contributed by atoms with Crippen molar-refractivity contribution in [3.8, 4) is 0 Å². The quantitative estimate of drug-likeness (QED) is 0.657. The molecule has 1 saturated heterocycles. The number of hydrogen-bond donors (Lipinski definition) is 3. The fourth-order valence-electron chi connectivity index (χ4n) is 1.98. The normalized spacial score (nSPS) is 24.9. The second-order valence-corrected chi connectivity index (χ2v) is 4.79. The van der Waals surface area contributed by atoms with Crippen LogP contribution in [0.3, 0.4) is 0 Å². The first-order valence-corrected chi connectivity index (χ1v) is 6.49. The highest BCUT2D eigenvalue weighted by atomic mass is 16.5. The molecule has 3 atom stereocenters. The predicted molar refractivity (Wildman–Crippen MR) is 67.9 cm³/mol. The SMILES string of the molecule is CCC(CC(=O)O)NC(=O)N1CC(CO)OCC1C. The molecule has 0 aromatic rings. The molecule has 1 fully saturated rings. The fourth-order valence-corrected chi connectivity index (χ4v) is 1.98. The minimum atomic E-state index is -0.935. The molecule has 0 aromatic carbocycles. The van der Waals surface area contributed by atoms with Crippen molar-refractivity contribution in [2.24, 2.45) is 0 Å². The lowest BCUT2D eigenvalue weighted by molar-refractivity contribution is -0.137. The largest absolute Gasteiger partial charge is 0.481 e. The lowest BCUT2D eigenvalue weighted by atomic mass is 10.1. The Bertz CT molecular complexity index is 323. The van der Waals surface area contributed by atoms with Gasteiger partial charge in [-0.1, -0.05) is 6.92 Å². The standard InChI is InChI=1S/C12H22N2O5/c1-3-9(4-11(16)17)13-12(18)14-5-10(6-15)19-7-8(14)2/h8-10,15H,3-7H2,1-2H3,(H,13,18)(H,16,17). The Hall–Kier alpha value is -1.34. The molecular formula is C12H22N2O5. The van der Waals surface area contributed by atoms with E-state index in [1.165, 1.54) is 0 Å². The minimum Gasteiger partial charge on any atom is -0.481 e. The molecule has 2 amide bonds. The molecule has 1 rings (SSSR count). The number of urea groups is 1. The zero-order chi connectivity index (χ0) is 14.4. The molecule has 0 spiro atoms. The van der Waals surface area contributed by atoms with E-state index in [2.05, 4.69) is 5.32 Å². The van der Waals surface area contributed by atoms with Gasteiger partial charge in [-0.2, -0.15) is 0 Å². The molecule has 0 aliphatic carbocycles. The summed E-state index contributed by atoms with van der Waals surface area (Å²) in [4.78, 5) is 24.4. The van der Waals surface area contributed by atoms with Crippen molar-refractivity contribution in [1.82, 2.24) is 10.2 Å². The van der Waals surface area contributed by atoms with Crippen molar-refractivity contribution in [2.45, 2.75) is 44.9 Å². The lowest BCUT2D eigenvalue weighted by Gasteiger charge is -2.38. The Morgan fingerprint density at radius 2 is 2.21 bits per heavy atom. The van der Waals surface area contributed by atoms with Crippen molar-refractivity contribution < 1.29 is 24.5 Å². The van der Waals surface area contributed by atoms with E-state index < -0.39 is 5.97 Å². The highest BCUT2D eigenvalue weighted by molar-refractivity contribution is 5.76. The number of carbonyl (C=O) groups excluding carboxylic acids is 1. The van der Waals surface area contributed by atoms with Gasteiger partial charge in [-0.25, -0.2) is 4.79 Å². The van der Waals surface area contributed by atoms with Gasteiger partial charge >= 0.3 is 12.0 Å². The molecule has 1 aliphatic rings. The van der Waals surface area contributed by atoms with Crippen molar-refractivity contribution in [3.05, 3.63) is 0 Å². The number of nitrogens with zero attached hydrogens (tertiary/aromatic N) is 1. The van der Waals surface area contributed by atoms with Crippen molar-refractivity contribution in [2.75, 3.05) is 19.8 Å². The Morgan fingerprint density at radius 1 is 1.53 bits per heavy atom. The number of carboxylic acid groups (broad SMARTS) is 1. The molecule has 7 heteroatoms. The molecule has 1 aliphatic heterocycles. The summed E-state index contributed by atoms with van der Waals surface area (Å²) in [6.45, 7) is 4.22. The van der Waals surface area contributed by atoms with E-state index in [0.29, 0.717) is 19.6 Å². The Morgan fingerprint density at radius 3 is 2.74 bits per heavy atom. The van der Waals surface area contributed by atoms with Crippen LogP contribution in [0.1, 0.15) is 26.7 Å². The fraction of sp³-hybridized carbons (Fsp3) is 0.833. The molecule has 7 nitrogen and oxygen atoms in total. The summed E-state index contributed by atoms with van der Waals surface area (Å²) in [5.74, 6) is -0.935. The number of aliphatic hydroxyl groups is 1. The van der Waals surface area contributed by atoms with Gasteiger partial charge in [-0.3, -0.25) is 4.79 Å². The van der Waals surface area contributed by atoms with Crippen molar-refractivity contribution in [3.63, 3.8) is 0 Å². The Kier molecular flexibility index (Phi) is 6.04. The van der Waals surface area contributed by atoms with Crippen LogP contribution in [-0.4, -0.2) is 65.1 Å². The first-order valence-electron chi connectivity index (χ1n) is 6.49. The number of aliphatic hydroxyl groups excluding tert-OH is 1. The summed E-state index contributed by atoms with van der Waals surface area (Å²) < 4.78 is 5.35. The number of nitrogens with one attached hydrogen (secondary N) is 1. The molecule has 0 bridgehead atoms. The zero-order valence-electron chi connectivity index (χ0n) is 11.3. The van der Waals surface area contributed by atoms with E-state index in [1.807, 2.05) is 13.8 Å². The Balaban J connectivity index is 2.56. The minimum absolute atomic E-state index is 0.0925. The first kappa shape index (κ1) is 15.7. The van der Waals surface area contributed by atoms with Gasteiger partial charge in [0.2, 0.25) is 0 Å². The number of aliphatic carboxylic acids is 1. The molecule has 1 heterocycles. The van der Waals surface area contributed by atoms with Crippen LogP contribution in [0.25, 0.3) is 0 Å². The monoisotopic (exact) mass is 274 g/mol. The maximum absolute atomic E-state index is 12.1. The van der Waals surface area contributed by atoms with Gasteiger partial charge in [0.15, 0.2) is 0 Å². The molecule has 19 heavy (non-hydrogen) atoms. The number of rotatable bonds is 5. The van der Waals surface area contributed by atoms with Crippen LogP contribution in [-0.2, 0) is 9.53 Å². The van der Waals surface area contributed by atoms with Gasteiger partial charge in [0.25, 0.3) is 0 Å². The molecule has 3 N–H and O–H groups in total. The van der Waals surface area contributed by atoms with Gasteiger partial charge in [-0.05, 0) is 13.3 Å². The van der Waals surface area contributed by atoms with Crippen LogP contribution in [0.2, 0.25) is 0 Å². The van der Waals surface area contributed by atoms with Crippen LogP contribution < -0.4 is 5.32 Å². The van der Waals surface area contributed by atoms with E-state index in [-0.39, 0.29) is 37.2 Å². The third kappa shape index (κ3) is 4.68. The number of amides is 2. The third-order valence-electron chi connectivity index (χ3n) is 3.21. The summed E-state index contributed by atoms with van der Waals surface area (Å²) >= 11 is 0. The van der Waals surface area contributed by atoms with Crippen LogP contribution in [0.5, 0.6) is 0 Å². The van der Waals surface area contributed by atoms with E-state index in [9.17, 15) is 9.59 Å². The van der Waals surface area contributed by atoms with Gasteiger partial charge in [-0.15, -0.1) is 0 Å². The smallest absolute Gasteiger partial charge is 0.318 e. The molecular weight excluding hydrogens is 252 g/mol. The summed E-state index contributed by atoms with van der Waals surface area (Å²) in [6.07, 6.45) is 0.0893. The van der Waals surface area contributed by atoms with Crippen LogP contribution in [0.15, 0.2) is 0 Å². The van der Waals surface area contributed by atoms with E-state index in [4.69, 9.17) is 14.9 Å². The average Bonchev–Trinajstić information content (AvgIpc) is 2.37. The van der Waals surface area contributed by atoms with Crippen LogP contribution in [0, 0.1) is 0 Å². The average molecular weight is 274 g/mol. The number of carboxylic acids is 1. The van der Waals surface area contributed by atoms with E-state index >= 15 is 0 Å². The highest BCUT2D eigenvalue weighted by Gasteiger charge is 2.30. The van der Waals surface area contributed by atoms with E-state index in [0.717, 1.165) is 0 Å². The van der Waals surface area contributed by atoms with Gasteiger partial charge in [0.1, 0.15) is 0 Å². The number of carbonyl (C=O) groups is 2. The molecule has 0 aromatic heterocycles. The molecule has 3 unspecified atom stereocenters. The maximum atomic E-state index is 12.1. The van der Waals surface area contributed by atoms with Gasteiger partial charge < -0.3 is 25.2 Å². The van der Waals surface area contributed by atoms with Gasteiger partial charge in [0, 0.05) is 6.04 Å².